The summed E-state index contributed by atoms with van der Waals surface area (Å²) in [5, 5.41) is 3.33. The maximum atomic E-state index is 3.33. The summed E-state index contributed by atoms with van der Waals surface area (Å²) in [6.07, 6.45) is 0. The van der Waals surface area contributed by atoms with E-state index in [1.165, 1.54) is 6.54 Å². The molecule has 0 amide bonds. The fourth-order valence-electron chi connectivity index (χ4n) is 0.714. The molecule has 1 heteroatoms. The Hall–Kier alpha value is -0.0400. The van der Waals surface area contributed by atoms with E-state index in [4.69, 9.17) is 0 Å². The minimum absolute atomic E-state index is 0.431. The van der Waals surface area contributed by atoms with Crippen molar-refractivity contribution in [1.82, 2.24) is 5.32 Å². The van der Waals surface area contributed by atoms with Crippen LogP contribution in [-0.4, -0.2) is 12.1 Å². The Balaban J connectivity index is 0.000000291. The zero-order chi connectivity index (χ0) is 7.49. The van der Waals surface area contributed by atoms with E-state index in [2.05, 4.69) is 26.1 Å². The number of hydrogen-bond acceptors (Lipinski definition) is 1. The van der Waals surface area contributed by atoms with E-state index in [0.29, 0.717) is 5.54 Å². The molecule has 0 saturated carbocycles. The van der Waals surface area contributed by atoms with E-state index in [0.717, 1.165) is 5.92 Å². The second-order valence-electron chi connectivity index (χ2n) is 3.00. The van der Waals surface area contributed by atoms with Crippen LogP contribution < -0.4 is 5.32 Å². The lowest BCUT2D eigenvalue weighted by atomic mass is 9.81. The van der Waals surface area contributed by atoms with E-state index in [-0.39, 0.29) is 0 Å². The van der Waals surface area contributed by atoms with Crippen molar-refractivity contribution in [1.29, 1.82) is 0 Å². The fourth-order valence-corrected chi connectivity index (χ4v) is 0.714. The molecule has 1 saturated heterocycles. The summed E-state index contributed by atoms with van der Waals surface area (Å²) >= 11 is 0. The second-order valence-corrected chi connectivity index (χ2v) is 3.00. The molecule has 0 radical (unpaired) electrons. The summed E-state index contributed by atoms with van der Waals surface area (Å²) < 4.78 is 0. The Morgan fingerprint density at radius 1 is 1.33 bits per heavy atom. The molecule has 1 rings (SSSR count). The molecule has 0 aliphatic carbocycles. The fraction of sp³-hybridized carbons (Fsp3) is 1.00. The highest BCUT2D eigenvalue weighted by atomic mass is 15.0. The van der Waals surface area contributed by atoms with Crippen LogP contribution in [0, 0.1) is 5.92 Å². The lowest BCUT2D eigenvalue weighted by Gasteiger charge is -2.43. The maximum absolute atomic E-state index is 3.33. The summed E-state index contributed by atoms with van der Waals surface area (Å²) in [4.78, 5) is 0. The minimum Gasteiger partial charge on any atom is -0.311 e. The Morgan fingerprint density at radius 2 is 1.67 bits per heavy atom. The first-order chi connectivity index (χ1) is 4.13. The standard InChI is InChI=1S/C6H13N.C2H6/c1-5-4-7-6(5,2)3;1-2/h5,7H,4H2,1-3H3;1-2H3. The molecule has 1 heterocycles. The van der Waals surface area contributed by atoms with Gasteiger partial charge in [-0.2, -0.15) is 0 Å². The van der Waals surface area contributed by atoms with Crippen molar-refractivity contribution in [3.05, 3.63) is 0 Å². The molecular weight excluding hydrogens is 110 g/mol. The predicted octanol–water partition coefficient (Wildman–Crippen LogP) is 2.03. The first-order valence-electron chi connectivity index (χ1n) is 3.88. The first kappa shape index (κ1) is 8.96. The Bertz CT molecular complexity index is 76.6. The normalized spacial score (nSPS) is 29.7. The van der Waals surface area contributed by atoms with Crippen LogP contribution in [0.1, 0.15) is 34.6 Å². The van der Waals surface area contributed by atoms with Crippen LogP contribution in [0.4, 0.5) is 0 Å². The molecule has 0 aromatic heterocycles. The molecule has 1 N–H and O–H groups in total. The quantitative estimate of drug-likeness (QED) is 0.527. The van der Waals surface area contributed by atoms with Crippen molar-refractivity contribution in [2.75, 3.05) is 6.54 Å². The van der Waals surface area contributed by atoms with Gasteiger partial charge in [0.15, 0.2) is 0 Å². The molecule has 1 atom stereocenters. The third kappa shape index (κ3) is 1.98. The van der Waals surface area contributed by atoms with Gasteiger partial charge in [-0.1, -0.05) is 20.8 Å². The molecule has 1 nitrogen and oxygen atoms in total. The third-order valence-electron chi connectivity index (χ3n) is 2.10. The molecular formula is C8H19N. The van der Waals surface area contributed by atoms with Crippen molar-refractivity contribution >= 4 is 0 Å². The Kier molecular flexibility index (Phi) is 3.20. The number of hydrogen-bond donors (Lipinski definition) is 1. The van der Waals surface area contributed by atoms with Crippen LogP contribution in [-0.2, 0) is 0 Å². The molecule has 0 aromatic carbocycles. The van der Waals surface area contributed by atoms with Crippen LogP contribution in [0.2, 0.25) is 0 Å². The Morgan fingerprint density at radius 3 is 1.67 bits per heavy atom. The molecule has 1 unspecified atom stereocenters. The molecule has 0 aromatic rings. The van der Waals surface area contributed by atoms with Crippen LogP contribution in [0.5, 0.6) is 0 Å². The van der Waals surface area contributed by atoms with Crippen LogP contribution in [0.25, 0.3) is 0 Å². The molecule has 1 fully saturated rings. The predicted molar refractivity (Wildman–Crippen MR) is 42.6 cm³/mol. The molecule has 9 heavy (non-hydrogen) atoms. The smallest absolute Gasteiger partial charge is 0.0162 e. The lowest BCUT2D eigenvalue weighted by Crippen LogP contribution is -2.59. The molecule has 0 bridgehead atoms. The lowest BCUT2D eigenvalue weighted by molar-refractivity contribution is 0.157. The highest BCUT2D eigenvalue weighted by Crippen LogP contribution is 2.23. The van der Waals surface area contributed by atoms with Crippen molar-refractivity contribution in [2.45, 2.75) is 40.2 Å². The highest BCUT2D eigenvalue weighted by Gasteiger charge is 2.33. The van der Waals surface area contributed by atoms with Gasteiger partial charge in [0.2, 0.25) is 0 Å². The zero-order valence-corrected chi connectivity index (χ0v) is 7.28. The van der Waals surface area contributed by atoms with Gasteiger partial charge < -0.3 is 5.32 Å². The summed E-state index contributed by atoms with van der Waals surface area (Å²) in [6.45, 7) is 12.0. The topological polar surface area (TPSA) is 12.0 Å². The maximum Gasteiger partial charge on any atom is 0.0162 e. The van der Waals surface area contributed by atoms with Gasteiger partial charge in [-0.15, -0.1) is 0 Å². The van der Waals surface area contributed by atoms with E-state index in [9.17, 15) is 0 Å². The first-order valence-corrected chi connectivity index (χ1v) is 3.88. The van der Waals surface area contributed by atoms with Gasteiger partial charge in [0, 0.05) is 5.54 Å². The largest absolute Gasteiger partial charge is 0.311 e. The van der Waals surface area contributed by atoms with Gasteiger partial charge in [-0.25, -0.2) is 0 Å². The van der Waals surface area contributed by atoms with Crippen molar-refractivity contribution in [3.8, 4) is 0 Å². The summed E-state index contributed by atoms with van der Waals surface area (Å²) in [5.74, 6) is 0.868. The average Bonchev–Trinajstić information content (AvgIpc) is 1.90. The van der Waals surface area contributed by atoms with Crippen LogP contribution >= 0.6 is 0 Å². The second kappa shape index (κ2) is 3.21. The average molecular weight is 129 g/mol. The minimum atomic E-state index is 0.431. The highest BCUT2D eigenvalue weighted by molar-refractivity contribution is 4.93. The van der Waals surface area contributed by atoms with Crippen LogP contribution in [0.15, 0.2) is 0 Å². The van der Waals surface area contributed by atoms with Gasteiger partial charge in [-0.05, 0) is 26.3 Å². The number of rotatable bonds is 0. The van der Waals surface area contributed by atoms with Gasteiger partial charge in [0.05, 0.1) is 0 Å². The monoisotopic (exact) mass is 129 g/mol. The molecule has 0 spiro atoms. The summed E-state index contributed by atoms with van der Waals surface area (Å²) in [5.41, 5.74) is 0.431. The Labute approximate surface area is 58.8 Å². The van der Waals surface area contributed by atoms with Gasteiger partial charge in [0.25, 0.3) is 0 Å². The van der Waals surface area contributed by atoms with Crippen molar-refractivity contribution < 1.29 is 0 Å². The zero-order valence-electron chi connectivity index (χ0n) is 7.28. The van der Waals surface area contributed by atoms with Crippen LogP contribution in [0.3, 0.4) is 0 Å². The van der Waals surface area contributed by atoms with Crippen molar-refractivity contribution in [2.24, 2.45) is 5.92 Å². The van der Waals surface area contributed by atoms with E-state index < -0.39 is 0 Å². The molecule has 1 aliphatic heterocycles. The third-order valence-corrected chi connectivity index (χ3v) is 2.10. The van der Waals surface area contributed by atoms with Gasteiger partial charge in [-0.3, -0.25) is 0 Å². The van der Waals surface area contributed by atoms with E-state index >= 15 is 0 Å². The van der Waals surface area contributed by atoms with Gasteiger partial charge in [0.1, 0.15) is 0 Å². The molecule has 1 aliphatic rings. The van der Waals surface area contributed by atoms with E-state index in [1.807, 2.05) is 13.8 Å². The molecule has 56 valence electrons. The van der Waals surface area contributed by atoms with E-state index in [1.54, 1.807) is 0 Å². The SMILES string of the molecule is CC.CC1CNC1(C)C. The number of nitrogens with one attached hydrogen (secondary N) is 1. The van der Waals surface area contributed by atoms with Crippen molar-refractivity contribution in [3.63, 3.8) is 0 Å². The van der Waals surface area contributed by atoms with Gasteiger partial charge >= 0.3 is 0 Å². The summed E-state index contributed by atoms with van der Waals surface area (Å²) in [6, 6.07) is 0. The summed E-state index contributed by atoms with van der Waals surface area (Å²) in [7, 11) is 0.